The van der Waals surface area contributed by atoms with E-state index in [1.54, 1.807) is 0 Å². The van der Waals surface area contributed by atoms with E-state index in [1.807, 2.05) is 0 Å². The van der Waals surface area contributed by atoms with Gasteiger partial charge in [-0.2, -0.15) is 0 Å². The van der Waals surface area contributed by atoms with Crippen molar-refractivity contribution < 1.29 is 4.74 Å². The van der Waals surface area contributed by atoms with Crippen LogP contribution in [0.15, 0.2) is 11.6 Å². The van der Waals surface area contributed by atoms with Crippen LogP contribution in [-0.2, 0) is 4.74 Å². The van der Waals surface area contributed by atoms with Crippen LogP contribution >= 0.6 is 0 Å². The van der Waals surface area contributed by atoms with E-state index in [4.69, 9.17) is 4.74 Å². The van der Waals surface area contributed by atoms with Crippen molar-refractivity contribution >= 4 is 0 Å². The van der Waals surface area contributed by atoms with E-state index in [9.17, 15) is 0 Å². The number of ether oxygens (including phenoxy) is 1. The molecule has 1 aliphatic heterocycles. The van der Waals surface area contributed by atoms with Crippen molar-refractivity contribution in [2.24, 2.45) is 5.92 Å². The molecule has 0 aromatic rings. The Morgan fingerprint density at radius 1 is 1.46 bits per heavy atom. The fourth-order valence-corrected chi connectivity index (χ4v) is 1.95. The van der Waals surface area contributed by atoms with Crippen molar-refractivity contribution in [3.63, 3.8) is 0 Å². The Labute approximate surface area is 82.2 Å². The zero-order valence-electron chi connectivity index (χ0n) is 9.34. The fourth-order valence-electron chi connectivity index (χ4n) is 1.95. The average Bonchev–Trinajstić information content (AvgIpc) is 2.43. The highest BCUT2D eigenvalue weighted by atomic mass is 16.5. The molecule has 13 heavy (non-hydrogen) atoms. The summed E-state index contributed by atoms with van der Waals surface area (Å²) < 4.78 is 5.84. The van der Waals surface area contributed by atoms with Gasteiger partial charge < -0.3 is 4.74 Å². The summed E-state index contributed by atoms with van der Waals surface area (Å²) in [6, 6.07) is 0. The molecule has 0 saturated heterocycles. The summed E-state index contributed by atoms with van der Waals surface area (Å²) in [5, 5.41) is 0. The molecular weight excluding hydrogens is 160 g/mol. The summed E-state index contributed by atoms with van der Waals surface area (Å²) in [7, 11) is 0. The van der Waals surface area contributed by atoms with Gasteiger partial charge in [-0.15, -0.1) is 0 Å². The smallest absolute Gasteiger partial charge is 0.0816 e. The van der Waals surface area contributed by atoms with Crippen LogP contribution < -0.4 is 0 Å². The van der Waals surface area contributed by atoms with E-state index in [0.717, 1.165) is 0 Å². The Morgan fingerprint density at radius 3 is 2.69 bits per heavy atom. The maximum absolute atomic E-state index is 5.84. The molecule has 0 bridgehead atoms. The Balaban J connectivity index is 2.52. The van der Waals surface area contributed by atoms with Gasteiger partial charge in [-0.1, -0.05) is 33.3 Å². The van der Waals surface area contributed by atoms with Crippen molar-refractivity contribution in [2.75, 3.05) is 0 Å². The molecule has 0 aromatic carbocycles. The molecule has 1 heterocycles. The van der Waals surface area contributed by atoms with Crippen molar-refractivity contribution in [3.05, 3.63) is 11.6 Å². The Morgan fingerprint density at radius 2 is 2.15 bits per heavy atom. The van der Waals surface area contributed by atoms with Gasteiger partial charge in [0.1, 0.15) is 0 Å². The van der Waals surface area contributed by atoms with Gasteiger partial charge in [-0.3, -0.25) is 0 Å². The molecule has 0 spiro atoms. The summed E-state index contributed by atoms with van der Waals surface area (Å²) in [6.45, 7) is 8.85. The van der Waals surface area contributed by atoms with Crippen molar-refractivity contribution in [1.29, 1.82) is 0 Å². The molecule has 0 aromatic heterocycles. The van der Waals surface area contributed by atoms with Gasteiger partial charge in [0.2, 0.25) is 0 Å². The zero-order chi connectivity index (χ0) is 9.84. The molecule has 2 unspecified atom stereocenters. The normalized spacial score (nSPS) is 28.2. The maximum Gasteiger partial charge on any atom is 0.0816 e. The first-order valence-electron chi connectivity index (χ1n) is 5.51. The van der Waals surface area contributed by atoms with Crippen LogP contribution in [0.2, 0.25) is 0 Å². The summed E-state index contributed by atoms with van der Waals surface area (Å²) in [4.78, 5) is 0. The number of hydrogen-bond acceptors (Lipinski definition) is 1. The molecule has 0 radical (unpaired) electrons. The molecule has 0 amide bonds. The highest BCUT2D eigenvalue weighted by Gasteiger charge is 2.26. The first-order valence-corrected chi connectivity index (χ1v) is 5.51. The molecule has 0 fully saturated rings. The minimum Gasteiger partial charge on any atom is -0.367 e. The van der Waals surface area contributed by atoms with Crippen molar-refractivity contribution in [2.45, 2.75) is 59.2 Å². The Kier molecular flexibility index (Phi) is 3.98. The molecule has 0 N–H and O–H groups in total. The van der Waals surface area contributed by atoms with Gasteiger partial charge in [0.15, 0.2) is 0 Å². The predicted molar refractivity (Wildman–Crippen MR) is 56.8 cm³/mol. The van der Waals surface area contributed by atoms with E-state index in [1.165, 1.54) is 24.8 Å². The molecule has 2 atom stereocenters. The third-order valence-corrected chi connectivity index (χ3v) is 2.60. The van der Waals surface area contributed by atoms with E-state index in [2.05, 4.69) is 33.8 Å². The van der Waals surface area contributed by atoms with Gasteiger partial charge in [0.05, 0.1) is 12.2 Å². The maximum atomic E-state index is 5.84. The second-order valence-corrected chi connectivity index (χ2v) is 4.35. The first-order chi connectivity index (χ1) is 6.15. The molecular formula is C12H22O. The minimum absolute atomic E-state index is 0.333. The van der Waals surface area contributed by atoms with Gasteiger partial charge in [0.25, 0.3) is 0 Å². The van der Waals surface area contributed by atoms with Gasteiger partial charge in [-0.05, 0) is 31.3 Å². The standard InChI is InChI=1S/C12H22O/c1-5-6-7-11-8-10(4)13-12(11)9(2)3/h8-10,12H,5-7H2,1-4H3. The van der Waals surface area contributed by atoms with Crippen molar-refractivity contribution in [3.8, 4) is 0 Å². The van der Waals surface area contributed by atoms with E-state index < -0.39 is 0 Å². The topological polar surface area (TPSA) is 9.23 Å². The third-order valence-electron chi connectivity index (χ3n) is 2.60. The van der Waals surface area contributed by atoms with Crippen LogP contribution in [0.25, 0.3) is 0 Å². The van der Waals surface area contributed by atoms with Crippen LogP contribution in [-0.4, -0.2) is 12.2 Å². The summed E-state index contributed by atoms with van der Waals surface area (Å²) in [5.41, 5.74) is 1.53. The van der Waals surface area contributed by atoms with E-state index >= 15 is 0 Å². The fraction of sp³-hybridized carbons (Fsp3) is 0.833. The lowest BCUT2D eigenvalue weighted by molar-refractivity contribution is 0.0380. The Bertz CT molecular complexity index is 182. The molecule has 1 heteroatoms. The minimum atomic E-state index is 0.333. The molecule has 1 nitrogen and oxygen atoms in total. The van der Waals surface area contributed by atoms with Crippen LogP contribution in [0.1, 0.15) is 47.0 Å². The quantitative estimate of drug-likeness (QED) is 0.604. The summed E-state index contributed by atoms with van der Waals surface area (Å²) in [5.74, 6) is 0.619. The predicted octanol–water partition coefficient (Wildman–Crippen LogP) is 3.55. The van der Waals surface area contributed by atoms with Gasteiger partial charge in [0, 0.05) is 0 Å². The lowest BCUT2D eigenvalue weighted by Gasteiger charge is -2.19. The number of hydrogen-bond donors (Lipinski definition) is 0. The van der Waals surface area contributed by atoms with Crippen LogP contribution in [0.3, 0.4) is 0 Å². The number of unbranched alkanes of at least 4 members (excludes halogenated alkanes) is 1. The Hall–Kier alpha value is -0.300. The van der Waals surface area contributed by atoms with Gasteiger partial charge >= 0.3 is 0 Å². The molecule has 0 saturated carbocycles. The second-order valence-electron chi connectivity index (χ2n) is 4.35. The molecule has 0 aliphatic carbocycles. The second kappa shape index (κ2) is 4.80. The van der Waals surface area contributed by atoms with Gasteiger partial charge in [-0.25, -0.2) is 0 Å². The average molecular weight is 182 g/mol. The molecule has 76 valence electrons. The molecule has 1 rings (SSSR count). The van der Waals surface area contributed by atoms with Crippen LogP contribution in [0.5, 0.6) is 0 Å². The first kappa shape index (κ1) is 10.8. The highest BCUT2D eigenvalue weighted by Crippen LogP contribution is 2.28. The van der Waals surface area contributed by atoms with E-state index in [-0.39, 0.29) is 0 Å². The monoisotopic (exact) mass is 182 g/mol. The molecule has 1 aliphatic rings. The lowest BCUT2D eigenvalue weighted by Crippen LogP contribution is -2.19. The summed E-state index contributed by atoms with van der Waals surface area (Å²) >= 11 is 0. The largest absolute Gasteiger partial charge is 0.367 e. The third kappa shape index (κ3) is 2.84. The highest BCUT2D eigenvalue weighted by molar-refractivity contribution is 5.16. The number of rotatable bonds is 4. The summed E-state index contributed by atoms with van der Waals surface area (Å²) in [6.07, 6.45) is 6.83. The van der Waals surface area contributed by atoms with E-state index in [0.29, 0.717) is 18.1 Å². The SMILES string of the molecule is CCCCC1=CC(C)OC1C(C)C. The van der Waals surface area contributed by atoms with Crippen LogP contribution in [0.4, 0.5) is 0 Å². The van der Waals surface area contributed by atoms with Crippen LogP contribution in [0, 0.1) is 5.92 Å². The zero-order valence-corrected chi connectivity index (χ0v) is 9.34. The lowest BCUT2D eigenvalue weighted by atomic mass is 9.96. The van der Waals surface area contributed by atoms with Crippen molar-refractivity contribution in [1.82, 2.24) is 0 Å².